The van der Waals surface area contributed by atoms with Crippen LogP contribution in [0.5, 0.6) is 0 Å². The number of nitrogens with zero attached hydrogens (tertiary/aromatic N) is 1. The van der Waals surface area contributed by atoms with Crippen molar-refractivity contribution in [1.82, 2.24) is 10.2 Å². The number of benzene rings is 2. The number of nitrogens with one attached hydrogen (secondary N) is 2. The lowest BCUT2D eigenvalue weighted by Crippen LogP contribution is -2.45. The zero-order chi connectivity index (χ0) is 22.3. The topological polar surface area (TPSA) is 78.5 Å². The molecular formula is C24H31N3O3S. The van der Waals surface area contributed by atoms with Crippen LogP contribution in [0.25, 0.3) is 6.08 Å². The first-order valence-electron chi connectivity index (χ1n) is 10.7. The van der Waals surface area contributed by atoms with Crippen LogP contribution in [0.15, 0.2) is 60.0 Å². The second kappa shape index (κ2) is 10.6. The van der Waals surface area contributed by atoms with Gasteiger partial charge in [0.2, 0.25) is 0 Å². The van der Waals surface area contributed by atoms with E-state index < -0.39 is 10.0 Å². The van der Waals surface area contributed by atoms with Crippen LogP contribution in [0.3, 0.4) is 0 Å². The Balaban J connectivity index is 1.53. The standard InChI is InChI=1S/C24H31N3O3S/c1-19-7-6-15-27(17-19)18-20(2)25-24(28)22-10-12-23(13-11-22)26-31(29,30)16-14-21-8-4-3-5-9-21/h3-5,8-14,16,19-20,26H,6-7,15,17-18H2,1-2H3,(H,25,28)/b16-14+. The molecule has 1 heterocycles. The second-order valence-corrected chi connectivity index (χ2v) is 9.89. The average Bonchev–Trinajstić information content (AvgIpc) is 2.73. The Kier molecular flexibility index (Phi) is 7.87. The van der Waals surface area contributed by atoms with Gasteiger partial charge in [0.1, 0.15) is 0 Å². The van der Waals surface area contributed by atoms with Crippen LogP contribution in [-0.2, 0) is 10.0 Å². The monoisotopic (exact) mass is 441 g/mol. The summed E-state index contributed by atoms with van der Waals surface area (Å²) in [4.78, 5) is 14.9. The highest BCUT2D eigenvalue weighted by molar-refractivity contribution is 7.95. The van der Waals surface area contributed by atoms with E-state index in [2.05, 4.69) is 21.9 Å². The first-order chi connectivity index (χ1) is 14.8. The Morgan fingerprint density at radius 3 is 2.55 bits per heavy atom. The van der Waals surface area contributed by atoms with Gasteiger partial charge in [-0.05, 0) is 68.1 Å². The zero-order valence-corrected chi connectivity index (χ0v) is 18.9. The van der Waals surface area contributed by atoms with Crippen molar-refractivity contribution in [3.05, 3.63) is 71.1 Å². The molecule has 1 aliphatic heterocycles. The van der Waals surface area contributed by atoms with Gasteiger partial charge in [-0.25, -0.2) is 8.42 Å². The molecule has 2 atom stereocenters. The molecule has 0 bridgehead atoms. The Hall–Kier alpha value is -2.64. The molecule has 2 aromatic rings. The van der Waals surface area contributed by atoms with Gasteiger partial charge in [-0.3, -0.25) is 9.52 Å². The molecule has 2 unspecified atom stereocenters. The van der Waals surface area contributed by atoms with Crippen molar-refractivity contribution >= 4 is 27.7 Å². The molecule has 1 aliphatic rings. The lowest BCUT2D eigenvalue weighted by molar-refractivity contribution is 0.0920. The number of sulfonamides is 1. The molecule has 2 N–H and O–H groups in total. The third kappa shape index (κ3) is 7.52. The van der Waals surface area contributed by atoms with Crippen LogP contribution >= 0.6 is 0 Å². The maximum Gasteiger partial charge on any atom is 0.255 e. The Morgan fingerprint density at radius 2 is 1.87 bits per heavy atom. The number of carbonyl (C=O) groups is 1. The van der Waals surface area contributed by atoms with Gasteiger partial charge in [0, 0.05) is 30.4 Å². The predicted octanol–water partition coefficient (Wildman–Crippen LogP) is 3.95. The predicted molar refractivity (Wildman–Crippen MR) is 126 cm³/mol. The van der Waals surface area contributed by atoms with E-state index in [1.807, 2.05) is 37.3 Å². The van der Waals surface area contributed by atoms with Gasteiger partial charge in [0.15, 0.2) is 0 Å². The van der Waals surface area contributed by atoms with Gasteiger partial charge in [-0.15, -0.1) is 0 Å². The number of hydrogen-bond donors (Lipinski definition) is 2. The third-order valence-corrected chi connectivity index (χ3v) is 6.31. The summed E-state index contributed by atoms with van der Waals surface area (Å²) in [5.41, 5.74) is 1.71. The molecule has 0 saturated carbocycles. The second-order valence-electron chi connectivity index (χ2n) is 8.32. The van der Waals surface area contributed by atoms with Crippen molar-refractivity contribution in [3.8, 4) is 0 Å². The molecule has 0 spiro atoms. The van der Waals surface area contributed by atoms with Crippen LogP contribution in [0, 0.1) is 5.92 Å². The van der Waals surface area contributed by atoms with Crippen molar-refractivity contribution in [2.24, 2.45) is 5.92 Å². The van der Waals surface area contributed by atoms with Crippen molar-refractivity contribution in [1.29, 1.82) is 0 Å². The fraction of sp³-hybridized carbons (Fsp3) is 0.375. The summed E-state index contributed by atoms with van der Waals surface area (Å²) in [5.74, 6) is 0.548. The summed E-state index contributed by atoms with van der Waals surface area (Å²) in [6, 6.07) is 15.7. The first kappa shape index (κ1) is 23.0. The molecule has 31 heavy (non-hydrogen) atoms. The molecular weight excluding hydrogens is 410 g/mol. The quantitative estimate of drug-likeness (QED) is 0.650. The maximum atomic E-state index is 12.5. The lowest BCUT2D eigenvalue weighted by Gasteiger charge is -2.32. The number of piperidine rings is 1. The van der Waals surface area contributed by atoms with E-state index >= 15 is 0 Å². The average molecular weight is 442 g/mol. The molecule has 0 aromatic heterocycles. The van der Waals surface area contributed by atoms with E-state index in [0.29, 0.717) is 17.2 Å². The largest absolute Gasteiger partial charge is 0.348 e. The molecule has 2 aromatic carbocycles. The van der Waals surface area contributed by atoms with Gasteiger partial charge in [0.25, 0.3) is 15.9 Å². The molecule has 1 amide bonds. The van der Waals surface area contributed by atoms with Crippen molar-refractivity contribution in [2.45, 2.75) is 32.7 Å². The SMILES string of the molecule is CC1CCCN(CC(C)NC(=O)c2ccc(NS(=O)(=O)/C=C/c3ccccc3)cc2)C1. The summed E-state index contributed by atoms with van der Waals surface area (Å²) in [5, 5.41) is 4.17. The highest BCUT2D eigenvalue weighted by Crippen LogP contribution is 2.16. The summed E-state index contributed by atoms with van der Waals surface area (Å²) in [6.07, 6.45) is 4.02. The third-order valence-electron chi connectivity index (χ3n) is 5.30. The minimum absolute atomic E-state index is 0.0408. The van der Waals surface area contributed by atoms with Gasteiger partial charge < -0.3 is 10.2 Å². The van der Waals surface area contributed by atoms with Crippen LogP contribution in [0.1, 0.15) is 42.6 Å². The highest BCUT2D eigenvalue weighted by atomic mass is 32.2. The Labute approximate surface area is 185 Å². The summed E-state index contributed by atoms with van der Waals surface area (Å²) in [7, 11) is -3.64. The molecule has 6 nitrogen and oxygen atoms in total. The number of anilines is 1. The lowest BCUT2D eigenvalue weighted by atomic mass is 10.00. The number of rotatable bonds is 8. The highest BCUT2D eigenvalue weighted by Gasteiger charge is 2.19. The molecule has 1 fully saturated rings. The van der Waals surface area contributed by atoms with E-state index in [1.54, 1.807) is 24.3 Å². The summed E-state index contributed by atoms with van der Waals surface area (Å²) in [6.45, 7) is 7.27. The van der Waals surface area contributed by atoms with Crippen molar-refractivity contribution < 1.29 is 13.2 Å². The van der Waals surface area contributed by atoms with Crippen molar-refractivity contribution in [3.63, 3.8) is 0 Å². The Bertz CT molecular complexity index is 988. The minimum Gasteiger partial charge on any atom is -0.348 e. The van der Waals surface area contributed by atoms with E-state index in [4.69, 9.17) is 0 Å². The molecule has 1 saturated heterocycles. The van der Waals surface area contributed by atoms with Crippen LogP contribution < -0.4 is 10.0 Å². The van der Waals surface area contributed by atoms with Gasteiger partial charge in [0.05, 0.1) is 5.41 Å². The number of amides is 1. The smallest absolute Gasteiger partial charge is 0.255 e. The van der Waals surface area contributed by atoms with Crippen LogP contribution in [0.2, 0.25) is 0 Å². The van der Waals surface area contributed by atoms with Crippen LogP contribution in [0.4, 0.5) is 5.69 Å². The van der Waals surface area contributed by atoms with Gasteiger partial charge in [-0.2, -0.15) is 0 Å². The first-order valence-corrected chi connectivity index (χ1v) is 12.2. The Morgan fingerprint density at radius 1 is 1.16 bits per heavy atom. The van der Waals surface area contributed by atoms with Crippen molar-refractivity contribution in [2.75, 3.05) is 24.4 Å². The van der Waals surface area contributed by atoms with E-state index in [-0.39, 0.29) is 11.9 Å². The molecule has 7 heteroatoms. The molecule has 0 aliphatic carbocycles. The fourth-order valence-corrected chi connectivity index (χ4v) is 4.68. The molecule has 3 rings (SSSR count). The summed E-state index contributed by atoms with van der Waals surface area (Å²) >= 11 is 0. The zero-order valence-electron chi connectivity index (χ0n) is 18.1. The number of likely N-dealkylation sites (tertiary alicyclic amines) is 1. The molecule has 166 valence electrons. The van der Waals surface area contributed by atoms with Gasteiger partial charge >= 0.3 is 0 Å². The van der Waals surface area contributed by atoms with Crippen LogP contribution in [-0.4, -0.2) is 44.9 Å². The van der Waals surface area contributed by atoms with Gasteiger partial charge in [-0.1, -0.05) is 37.3 Å². The number of carbonyl (C=O) groups excluding carboxylic acids is 1. The fourth-order valence-electron chi connectivity index (χ4n) is 3.81. The van der Waals surface area contributed by atoms with E-state index in [9.17, 15) is 13.2 Å². The number of hydrogen-bond acceptors (Lipinski definition) is 4. The van der Waals surface area contributed by atoms with E-state index in [0.717, 1.165) is 30.6 Å². The molecule has 0 radical (unpaired) electrons. The van der Waals surface area contributed by atoms with E-state index in [1.165, 1.54) is 18.9 Å². The minimum atomic E-state index is -3.64. The maximum absolute atomic E-state index is 12.5. The normalized spacial score (nSPS) is 18.6. The summed E-state index contributed by atoms with van der Waals surface area (Å²) < 4.78 is 27.0.